The Bertz CT molecular complexity index is 1020. The minimum absolute atomic E-state index is 0.690. The van der Waals surface area contributed by atoms with Gasteiger partial charge in [-0.05, 0) is 50.9 Å². The lowest BCUT2D eigenvalue weighted by Crippen LogP contribution is -1.82. The summed E-state index contributed by atoms with van der Waals surface area (Å²) >= 11 is 0. The average molecular weight is 279 g/mol. The van der Waals surface area contributed by atoms with E-state index in [2.05, 4.69) is 60.7 Å². The fourth-order valence-corrected chi connectivity index (χ4v) is 2.93. The Balaban J connectivity index is 1.90. The van der Waals surface area contributed by atoms with Gasteiger partial charge in [0.1, 0.15) is 0 Å². The highest BCUT2D eigenvalue weighted by Crippen LogP contribution is 2.29. The molecule has 102 valence electrons. The van der Waals surface area contributed by atoms with Gasteiger partial charge in [-0.2, -0.15) is 5.26 Å². The van der Waals surface area contributed by atoms with Crippen LogP contribution in [0.1, 0.15) is 5.56 Å². The van der Waals surface area contributed by atoms with E-state index in [1.165, 1.54) is 27.1 Å². The van der Waals surface area contributed by atoms with Gasteiger partial charge in [-0.25, -0.2) is 0 Å². The molecular weight excluding hydrogens is 266 g/mol. The zero-order chi connectivity index (χ0) is 14.9. The Hall–Kier alpha value is -3.11. The lowest BCUT2D eigenvalue weighted by Gasteiger charge is -2.07. The number of nitriles is 1. The van der Waals surface area contributed by atoms with Crippen LogP contribution in [-0.2, 0) is 0 Å². The molecule has 0 radical (unpaired) electrons. The van der Waals surface area contributed by atoms with Gasteiger partial charge in [-0.15, -0.1) is 0 Å². The van der Waals surface area contributed by atoms with Crippen molar-refractivity contribution in [2.75, 3.05) is 0 Å². The maximum atomic E-state index is 8.89. The standard InChI is InChI=1S/C21H13N/c22-14-15-5-7-16(8-6-15)18-11-12-21-19(13-18)10-9-17-3-1-2-4-20(17)21/h1-13H. The summed E-state index contributed by atoms with van der Waals surface area (Å²) in [6.07, 6.45) is 0. The number of fused-ring (bicyclic) bond motifs is 3. The summed E-state index contributed by atoms with van der Waals surface area (Å²) in [5.41, 5.74) is 3.00. The highest BCUT2D eigenvalue weighted by atomic mass is 14.2. The van der Waals surface area contributed by atoms with Crippen LogP contribution in [-0.4, -0.2) is 0 Å². The molecule has 0 aliphatic heterocycles. The minimum atomic E-state index is 0.690. The fourth-order valence-electron chi connectivity index (χ4n) is 2.93. The first-order valence-corrected chi connectivity index (χ1v) is 7.27. The Morgan fingerprint density at radius 2 is 1.27 bits per heavy atom. The van der Waals surface area contributed by atoms with E-state index in [-0.39, 0.29) is 0 Å². The SMILES string of the molecule is N#Cc1ccc(-c2ccc3c(ccc4ccccc43)c2)cc1. The molecule has 0 aliphatic rings. The van der Waals surface area contributed by atoms with Crippen LogP contribution in [0.4, 0.5) is 0 Å². The van der Waals surface area contributed by atoms with E-state index in [1.807, 2.05) is 24.3 Å². The van der Waals surface area contributed by atoms with Crippen molar-refractivity contribution >= 4 is 21.5 Å². The van der Waals surface area contributed by atoms with Gasteiger partial charge >= 0.3 is 0 Å². The summed E-state index contributed by atoms with van der Waals surface area (Å²) in [4.78, 5) is 0. The Morgan fingerprint density at radius 3 is 2.09 bits per heavy atom. The van der Waals surface area contributed by atoms with Gasteiger partial charge in [0, 0.05) is 0 Å². The van der Waals surface area contributed by atoms with Crippen molar-refractivity contribution in [2.45, 2.75) is 0 Å². The van der Waals surface area contributed by atoms with Gasteiger partial charge < -0.3 is 0 Å². The Morgan fingerprint density at radius 1 is 0.591 bits per heavy atom. The third-order valence-corrected chi connectivity index (χ3v) is 4.09. The van der Waals surface area contributed by atoms with Crippen LogP contribution in [0.5, 0.6) is 0 Å². The molecule has 0 aromatic heterocycles. The van der Waals surface area contributed by atoms with Crippen molar-refractivity contribution in [3.63, 3.8) is 0 Å². The second-order valence-corrected chi connectivity index (χ2v) is 5.41. The lowest BCUT2D eigenvalue weighted by molar-refractivity contribution is 1.48. The van der Waals surface area contributed by atoms with Crippen molar-refractivity contribution in [1.82, 2.24) is 0 Å². The number of rotatable bonds is 1. The molecule has 0 saturated carbocycles. The number of hydrogen-bond acceptors (Lipinski definition) is 1. The summed E-state index contributed by atoms with van der Waals surface area (Å²) in [7, 11) is 0. The smallest absolute Gasteiger partial charge is 0.0991 e. The quantitative estimate of drug-likeness (QED) is 0.420. The van der Waals surface area contributed by atoms with Gasteiger partial charge in [0.25, 0.3) is 0 Å². The number of hydrogen-bond donors (Lipinski definition) is 0. The molecule has 22 heavy (non-hydrogen) atoms. The van der Waals surface area contributed by atoms with Gasteiger partial charge in [0.05, 0.1) is 11.6 Å². The summed E-state index contributed by atoms with van der Waals surface area (Å²) in [6.45, 7) is 0. The summed E-state index contributed by atoms with van der Waals surface area (Å²) in [5, 5.41) is 13.9. The molecular formula is C21H13N. The molecule has 0 spiro atoms. The topological polar surface area (TPSA) is 23.8 Å². The van der Waals surface area contributed by atoms with E-state index in [0.717, 1.165) is 5.56 Å². The van der Waals surface area contributed by atoms with E-state index < -0.39 is 0 Å². The lowest BCUT2D eigenvalue weighted by atomic mass is 9.97. The molecule has 0 fully saturated rings. The largest absolute Gasteiger partial charge is 0.192 e. The molecule has 0 unspecified atom stereocenters. The van der Waals surface area contributed by atoms with E-state index in [4.69, 9.17) is 5.26 Å². The second-order valence-electron chi connectivity index (χ2n) is 5.41. The predicted octanol–water partition coefficient (Wildman–Crippen LogP) is 5.53. The van der Waals surface area contributed by atoms with E-state index in [0.29, 0.717) is 5.56 Å². The highest BCUT2D eigenvalue weighted by molar-refractivity contribution is 6.08. The van der Waals surface area contributed by atoms with Gasteiger partial charge in [0.15, 0.2) is 0 Å². The number of nitrogens with zero attached hydrogens (tertiary/aromatic N) is 1. The van der Waals surface area contributed by atoms with E-state index in [9.17, 15) is 0 Å². The predicted molar refractivity (Wildman–Crippen MR) is 91.6 cm³/mol. The zero-order valence-corrected chi connectivity index (χ0v) is 12.0. The molecule has 1 nitrogen and oxygen atoms in total. The first-order valence-electron chi connectivity index (χ1n) is 7.27. The highest BCUT2D eigenvalue weighted by Gasteiger charge is 2.03. The third-order valence-electron chi connectivity index (χ3n) is 4.09. The van der Waals surface area contributed by atoms with Crippen molar-refractivity contribution in [1.29, 1.82) is 5.26 Å². The molecule has 0 N–H and O–H groups in total. The fraction of sp³-hybridized carbons (Fsp3) is 0. The Labute approximate surface area is 129 Å². The summed E-state index contributed by atoms with van der Waals surface area (Å²) < 4.78 is 0. The second kappa shape index (κ2) is 5.02. The maximum Gasteiger partial charge on any atom is 0.0991 e. The monoisotopic (exact) mass is 279 g/mol. The van der Waals surface area contributed by atoms with Crippen LogP contribution in [0, 0.1) is 11.3 Å². The van der Waals surface area contributed by atoms with Crippen LogP contribution >= 0.6 is 0 Å². The Kier molecular flexibility index (Phi) is 2.88. The molecule has 0 saturated heterocycles. The third kappa shape index (κ3) is 2.03. The molecule has 0 aliphatic carbocycles. The minimum Gasteiger partial charge on any atom is -0.192 e. The first-order chi connectivity index (χ1) is 10.8. The van der Waals surface area contributed by atoms with Crippen LogP contribution in [0.2, 0.25) is 0 Å². The molecule has 0 amide bonds. The molecule has 1 heteroatoms. The van der Waals surface area contributed by atoms with Crippen molar-refractivity contribution in [3.05, 3.63) is 84.4 Å². The molecule has 4 aromatic carbocycles. The summed E-state index contributed by atoms with van der Waals surface area (Å²) in [6, 6.07) is 29.2. The zero-order valence-electron chi connectivity index (χ0n) is 12.0. The molecule has 0 bridgehead atoms. The van der Waals surface area contributed by atoms with Gasteiger partial charge in [-0.1, -0.05) is 60.7 Å². The molecule has 0 heterocycles. The summed E-state index contributed by atoms with van der Waals surface area (Å²) in [5.74, 6) is 0. The number of benzene rings is 4. The average Bonchev–Trinajstić information content (AvgIpc) is 2.61. The van der Waals surface area contributed by atoms with Crippen LogP contribution in [0.3, 0.4) is 0 Å². The molecule has 4 rings (SSSR count). The van der Waals surface area contributed by atoms with Crippen LogP contribution in [0.25, 0.3) is 32.7 Å². The van der Waals surface area contributed by atoms with Crippen LogP contribution < -0.4 is 0 Å². The van der Waals surface area contributed by atoms with Crippen molar-refractivity contribution in [3.8, 4) is 17.2 Å². The normalized spacial score (nSPS) is 10.7. The van der Waals surface area contributed by atoms with E-state index >= 15 is 0 Å². The molecule has 0 atom stereocenters. The molecule has 4 aromatic rings. The van der Waals surface area contributed by atoms with Crippen molar-refractivity contribution < 1.29 is 0 Å². The first kappa shape index (κ1) is 12.6. The van der Waals surface area contributed by atoms with Crippen molar-refractivity contribution in [2.24, 2.45) is 0 Å². The maximum absolute atomic E-state index is 8.89. The van der Waals surface area contributed by atoms with Gasteiger partial charge in [0.2, 0.25) is 0 Å². The van der Waals surface area contributed by atoms with E-state index in [1.54, 1.807) is 0 Å². The van der Waals surface area contributed by atoms with Crippen LogP contribution in [0.15, 0.2) is 78.9 Å². The van der Waals surface area contributed by atoms with Gasteiger partial charge in [-0.3, -0.25) is 0 Å².